The van der Waals surface area contributed by atoms with Crippen LogP contribution < -0.4 is 5.32 Å². The largest absolute Gasteiger partial charge is 0.389 e. The average Bonchev–Trinajstić information content (AvgIpc) is 2.55. The van der Waals surface area contributed by atoms with Gasteiger partial charge in [0, 0.05) is 18.4 Å². The van der Waals surface area contributed by atoms with Crippen molar-refractivity contribution in [3.8, 4) is 0 Å². The fourth-order valence-corrected chi connectivity index (χ4v) is 1.06. The number of aliphatic hydroxyl groups is 2. The zero-order chi connectivity index (χ0) is 8.97. The molecule has 0 aliphatic rings. The second kappa shape index (κ2) is 4.25. The summed E-state index contributed by atoms with van der Waals surface area (Å²) in [6.07, 6.45) is 0.103. The van der Waals surface area contributed by atoms with Gasteiger partial charge in [-0.1, -0.05) is 0 Å². The molecule has 0 spiro atoms. The molecule has 12 heavy (non-hydrogen) atoms. The fraction of sp³-hybridized carbons (Fsp3) is 0.500. The van der Waals surface area contributed by atoms with Crippen molar-refractivity contribution in [3.63, 3.8) is 0 Å². The van der Waals surface area contributed by atoms with Crippen LogP contribution >= 0.6 is 0 Å². The Morgan fingerprint density at radius 2 is 2.33 bits per heavy atom. The number of aromatic amines is 1. The number of hydrogen-bond donors (Lipinski definition) is 4. The summed E-state index contributed by atoms with van der Waals surface area (Å²) in [5.74, 6) is 0. The molecule has 0 aliphatic carbocycles. The monoisotopic (exact) mass is 170 g/mol. The highest BCUT2D eigenvalue weighted by Gasteiger charge is 2.17. The van der Waals surface area contributed by atoms with E-state index < -0.39 is 12.2 Å². The first-order valence-electron chi connectivity index (χ1n) is 3.89. The van der Waals surface area contributed by atoms with E-state index >= 15 is 0 Å². The topological polar surface area (TPSA) is 68.3 Å². The van der Waals surface area contributed by atoms with E-state index in [1.807, 2.05) is 0 Å². The Hall–Kier alpha value is -0.840. The lowest BCUT2D eigenvalue weighted by Gasteiger charge is -2.15. The third kappa shape index (κ3) is 2.07. The Kier molecular flexibility index (Phi) is 3.28. The lowest BCUT2D eigenvalue weighted by atomic mass is 10.1. The van der Waals surface area contributed by atoms with Crippen molar-refractivity contribution >= 4 is 0 Å². The van der Waals surface area contributed by atoms with Gasteiger partial charge in [-0.05, 0) is 19.2 Å². The standard InChI is InChI=1S/C8H14N2O2/c1-9-5-7(11)8(12)6-3-2-4-10-6/h2-4,7-12H,5H2,1H3. The lowest BCUT2D eigenvalue weighted by Crippen LogP contribution is -2.29. The van der Waals surface area contributed by atoms with Gasteiger partial charge in [-0.25, -0.2) is 0 Å². The second-order valence-electron chi connectivity index (χ2n) is 2.70. The summed E-state index contributed by atoms with van der Waals surface area (Å²) in [6, 6.07) is 3.52. The minimum absolute atomic E-state index is 0.375. The maximum atomic E-state index is 9.49. The second-order valence-corrected chi connectivity index (χ2v) is 2.70. The van der Waals surface area contributed by atoms with Crippen LogP contribution in [0.1, 0.15) is 11.8 Å². The van der Waals surface area contributed by atoms with Gasteiger partial charge >= 0.3 is 0 Å². The molecule has 0 saturated carbocycles. The molecule has 0 aromatic carbocycles. The van der Waals surface area contributed by atoms with Crippen LogP contribution in [0.2, 0.25) is 0 Å². The number of H-pyrrole nitrogens is 1. The fourth-order valence-electron chi connectivity index (χ4n) is 1.06. The van der Waals surface area contributed by atoms with E-state index in [1.165, 1.54) is 0 Å². The lowest BCUT2D eigenvalue weighted by molar-refractivity contribution is 0.0180. The first kappa shape index (κ1) is 9.25. The molecule has 0 amide bonds. The van der Waals surface area contributed by atoms with E-state index in [4.69, 9.17) is 0 Å². The molecule has 0 aliphatic heterocycles. The Labute approximate surface area is 71.2 Å². The minimum atomic E-state index is -0.840. The molecular weight excluding hydrogens is 156 g/mol. The summed E-state index contributed by atoms with van der Waals surface area (Å²) in [7, 11) is 1.73. The summed E-state index contributed by atoms with van der Waals surface area (Å²) in [6.45, 7) is 0.375. The van der Waals surface area contributed by atoms with Crippen LogP contribution in [0.4, 0.5) is 0 Å². The smallest absolute Gasteiger partial charge is 0.121 e. The summed E-state index contributed by atoms with van der Waals surface area (Å²) in [5.41, 5.74) is 0.637. The molecule has 1 aromatic heterocycles. The molecule has 68 valence electrons. The highest BCUT2D eigenvalue weighted by Crippen LogP contribution is 2.13. The van der Waals surface area contributed by atoms with E-state index in [-0.39, 0.29) is 0 Å². The molecule has 4 nitrogen and oxygen atoms in total. The summed E-state index contributed by atoms with van der Waals surface area (Å²) in [5, 5.41) is 21.6. The number of aliphatic hydroxyl groups excluding tert-OH is 2. The molecule has 0 saturated heterocycles. The Morgan fingerprint density at radius 3 is 2.83 bits per heavy atom. The molecule has 2 atom stereocenters. The van der Waals surface area contributed by atoms with Gasteiger partial charge in [-0.2, -0.15) is 0 Å². The third-order valence-corrected chi connectivity index (χ3v) is 1.72. The van der Waals surface area contributed by atoms with Gasteiger partial charge in [-0.3, -0.25) is 0 Å². The predicted molar refractivity (Wildman–Crippen MR) is 45.7 cm³/mol. The maximum Gasteiger partial charge on any atom is 0.121 e. The molecule has 0 radical (unpaired) electrons. The normalized spacial score (nSPS) is 15.9. The molecule has 0 fully saturated rings. The zero-order valence-corrected chi connectivity index (χ0v) is 6.99. The molecule has 4 N–H and O–H groups in total. The number of nitrogens with one attached hydrogen (secondary N) is 2. The number of likely N-dealkylation sites (N-methyl/N-ethyl adjacent to an activating group) is 1. The van der Waals surface area contributed by atoms with Crippen molar-refractivity contribution in [2.45, 2.75) is 12.2 Å². The van der Waals surface area contributed by atoms with Crippen LogP contribution in [0, 0.1) is 0 Å². The molecular formula is C8H14N2O2. The molecule has 0 bridgehead atoms. The molecule has 4 heteroatoms. The van der Waals surface area contributed by atoms with Crippen LogP contribution in [0.25, 0.3) is 0 Å². The van der Waals surface area contributed by atoms with E-state index in [1.54, 1.807) is 25.4 Å². The Balaban J connectivity index is 2.53. The average molecular weight is 170 g/mol. The van der Waals surface area contributed by atoms with Crippen LogP contribution in [-0.2, 0) is 0 Å². The van der Waals surface area contributed by atoms with Gasteiger partial charge in [0.1, 0.15) is 6.10 Å². The van der Waals surface area contributed by atoms with E-state index in [2.05, 4.69) is 10.3 Å². The Morgan fingerprint density at radius 1 is 1.58 bits per heavy atom. The van der Waals surface area contributed by atoms with Gasteiger partial charge < -0.3 is 20.5 Å². The van der Waals surface area contributed by atoms with Gasteiger partial charge in [0.05, 0.1) is 6.10 Å². The van der Waals surface area contributed by atoms with Crippen LogP contribution in [-0.4, -0.2) is 34.9 Å². The van der Waals surface area contributed by atoms with E-state index in [0.717, 1.165) is 0 Å². The van der Waals surface area contributed by atoms with E-state index in [0.29, 0.717) is 12.2 Å². The van der Waals surface area contributed by atoms with Crippen LogP contribution in [0.3, 0.4) is 0 Å². The van der Waals surface area contributed by atoms with Crippen molar-refractivity contribution in [1.29, 1.82) is 0 Å². The third-order valence-electron chi connectivity index (χ3n) is 1.72. The number of hydrogen-bond acceptors (Lipinski definition) is 3. The van der Waals surface area contributed by atoms with Gasteiger partial charge in [0.25, 0.3) is 0 Å². The molecule has 1 rings (SSSR count). The summed E-state index contributed by atoms with van der Waals surface area (Å²) >= 11 is 0. The van der Waals surface area contributed by atoms with Gasteiger partial charge in [0.2, 0.25) is 0 Å². The zero-order valence-electron chi connectivity index (χ0n) is 6.99. The predicted octanol–water partition coefficient (Wildman–Crippen LogP) is -0.372. The van der Waals surface area contributed by atoms with Crippen LogP contribution in [0.5, 0.6) is 0 Å². The maximum absolute atomic E-state index is 9.49. The number of rotatable bonds is 4. The van der Waals surface area contributed by atoms with Crippen molar-refractivity contribution in [2.75, 3.05) is 13.6 Å². The molecule has 2 unspecified atom stereocenters. The first-order chi connectivity index (χ1) is 5.75. The quantitative estimate of drug-likeness (QED) is 0.498. The highest BCUT2D eigenvalue weighted by molar-refractivity contribution is 5.08. The highest BCUT2D eigenvalue weighted by atomic mass is 16.3. The molecule has 1 heterocycles. The van der Waals surface area contributed by atoms with Crippen molar-refractivity contribution < 1.29 is 10.2 Å². The molecule has 1 aromatic rings. The SMILES string of the molecule is CNCC(O)C(O)c1ccc[nH]1. The first-order valence-corrected chi connectivity index (χ1v) is 3.89. The summed E-state index contributed by atoms with van der Waals surface area (Å²) in [4.78, 5) is 2.84. The van der Waals surface area contributed by atoms with E-state index in [9.17, 15) is 10.2 Å². The van der Waals surface area contributed by atoms with Crippen molar-refractivity contribution in [1.82, 2.24) is 10.3 Å². The number of aromatic nitrogens is 1. The van der Waals surface area contributed by atoms with Crippen molar-refractivity contribution in [3.05, 3.63) is 24.0 Å². The van der Waals surface area contributed by atoms with Crippen molar-refractivity contribution in [2.24, 2.45) is 0 Å². The Bertz CT molecular complexity index is 211. The van der Waals surface area contributed by atoms with Gasteiger partial charge in [-0.15, -0.1) is 0 Å². The van der Waals surface area contributed by atoms with Gasteiger partial charge in [0.15, 0.2) is 0 Å². The minimum Gasteiger partial charge on any atom is -0.389 e. The summed E-state index contributed by atoms with van der Waals surface area (Å²) < 4.78 is 0. The van der Waals surface area contributed by atoms with Crippen LogP contribution in [0.15, 0.2) is 18.3 Å².